The van der Waals surface area contributed by atoms with Crippen molar-refractivity contribution in [2.45, 2.75) is 121 Å². The van der Waals surface area contributed by atoms with Crippen LogP contribution < -0.4 is 4.74 Å². The van der Waals surface area contributed by atoms with Crippen molar-refractivity contribution in [2.24, 2.45) is 11.8 Å². The van der Waals surface area contributed by atoms with E-state index in [4.69, 9.17) is 0 Å². The summed E-state index contributed by atoms with van der Waals surface area (Å²) in [6.07, 6.45) is 12.7. The molecule has 194 valence electrons. The third kappa shape index (κ3) is 9.54. The summed E-state index contributed by atoms with van der Waals surface area (Å²) in [6.45, 7) is 0.837. The van der Waals surface area contributed by atoms with E-state index < -0.39 is 18.6 Å². The van der Waals surface area contributed by atoms with E-state index in [-0.39, 0.29) is 14.5 Å². The summed E-state index contributed by atoms with van der Waals surface area (Å²) in [6, 6.07) is 9.23. The molecule has 1 nitrogen and oxygen atoms in total. The highest BCUT2D eigenvalue weighted by Crippen LogP contribution is 2.39. The van der Waals surface area contributed by atoms with Gasteiger partial charge < -0.3 is 4.74 Å². The van der Waals surface area contributed by atoms with Crippen LogP contribution in [0, 0.1) is 17.7 Å². The third-order valence-electron chi connectivity index (χ3n) is 8.32. The lowest BCUT2D eigenvalue weighted by Gasteiger charge is -2.30. The van der Waals surface area contributed by atoms with E-state index in [1.807, 2.05) is 0 Å². The van der Waals surface area contributed by atoms with Crippen LogP contribution in [0.4, 0.5) is 17.6 Å². The van der Waals surface area contributed by atoms with Gasteiger partial charge in [0.05, 0.1) is 0 Å². The van der Waals surface area contributed by atoms with Crippen molar-refractivity contribution in [3.05, 3.63) is 29.6 Å². The minimum absolute atomic E-state index is 0.305. The van der Waals surface area contributed by atoms with Crippen LogP contribution in [0.25, 0.3) is 0 Å². The fourth-order valence-electron chi connectivity index (χ4n) is 6.19. The van der Waals surface area contributed by atoms with Gasteiger partial charge in [-0.25, -0.2) is 4.39 Å². The van der Waals surface area contributed by atoms with Crippen molar-refractivity contribution in [3.63, 3.8) is 0 Å². The lowest BCUT2D eigenvalue weighted by Crippen LogP contribution is -2.21. The van der Waals surface area contributed by atoms with Gasteiger partial charge in [0.2, 0.25) is 0 Å². The van der Waals surface area contributed by atoms with Gasteiger partial charge in [-0.15, -0.1) is 0 Å². The van der Waals surface area contributed by atoms with E-state index in [9.17, 15) is 17.6 Å². The maximum Gasteiger partial charge on any atom is 0.422 e. The maximum absolute atomic E-state index is 14.2. The first-order valence-corrected chi connectivity index (χ1v) is 16.3. The average Bonchev–Trinajstić information content (AvgIpc) is 2.82. The minimum Gasteiger partial charge on any atom is -0.481 e. The van der Waals surface area contributed by atoms with Gasteiger partial charge in [-0.1, -0.05) is 88.9 Å². The molecule has 2 aliphatic rings. The zero-order valence-corrected chi connectivity index (χ0v) is 22.1. The average molecular weight is 501 g/mol. The fourth-order valence-corrected chi connectivity index (χ4v) is 9.81. The number of hydrogen-bond donors (Lipinski definition) is 0. The first-order valence-electron chi connectivity index (χ1n) is 13.8. The topological polar surface area (TPSA) is 9.23 Å². The predicted molar refractivity (Wildman–Crippen MR) is 135 cm³/mol. The first kappa shape index (κ1) is 27.5. The lowest BCUT2D eigenvalue weighted by molar-refractivity contribution is -0.153. The number of alkyl halides is 3. The summed E-state index contributed by atoms with van der Waals surface area (Å²) in [4.78, 5) is 0. The van der Waals surface area contributed by atoms with Crippen LogP contribution in [-0.2, 0) is 0 Å². The fraction of sp³-hybridized carbons (Fsp3) is 0.786. The maximum atomic E-state index is 14.2. The second-order valence-corrected chi connectivity index (χ2v) is 14.4. The van der Waals surface area contributed by atoms with Crippen molar-refractivity contribution < 1.29 is 22.3 Å². The molecule has 2 fully saturated rings. The van der Waals surface area contributed by atoms with Gasteiger partial charge >= 0.3 is 6.18 Å². The van der Waals surface area contributed by atoms with Crippen molar-refractivity contribution in [1.82, 2.24) is 0 Å². The van der Waals surface area contributed by atoms with Crippen LogP contribution in [0.3, 0.4) is 0 Å². The van der Waals surface area contributed by atoms with E-state index in [1.165, 1.54) is 82.8 Å². The van der Waals surface area contributed by atoms with E-state index in [0.717, 1.165) is 30.2 Å². The third-order valence-corrected chi connectivity index (χ3v) is 11.8. The molecule has 1 aromatic rings. The smallest absolute Gasteiger partial charge is 0.422 e. The minimum atomic E-state index is -4.46. The molecule has 1 aliphatic carbocycles. The van der Waals surface area contributed by atoms with Gasteiger partial charge in [-0.2, -0.15) is 13.2 Å². The highest BCUT2D eigenvalue weighted by atomic mass is 28.3. The quantitative estimate of drug-likeness (QED) is 0.158. The van der Waals surface area contributed by atoms with Crippen LogP contribution in [0.5, 0.6) is 5.75 Å². The number of benzene rings is 1. The SMILES string of the molecule is CCCCC[Si@H]1CC[C@H](CCCC[C@H]2CC[C@H](c3ccc(OCC(F)(F)F)c(F)c3)CC2)CC1. The molecule has 1 aromatic carbocycles. The molecular formula is C28H44F4OSi. The van der Waals surface area contributed by atoms with Gasteiger partial charge in [0, 0.05) is 8.80 Å². The lowest BCUT2D eigenvalue weighted by atomic mass is 9.77. The molecule has 0 radical (unpaired) electrons. The molecule has 0 bridgehead atoms. The molecule has 0 atom stereocenters. The number of ether oxygens (including phenoxy) is 1. The Bertz CT molecular complexity index is 707. The summed E-state index contributed by atoms with van der Waals surface area (Å²) in [5, 5.41) is 0. The highest BCUT2D eigenvalue weighted by Gasteiger charge is 2.29. The molecule has 1 saturated carbocycles. The Labute approximate surface area is 205 Å². The van der Waals surface area contributed by atoms with Crippen LogP contribution in [0.15, 0.2) is 18.2 Å². The Morgan fingerprint density at radius 1 is 0.882 bits per heavy atom. The van der Waals surface area contributed by atoms with Crippen LogP contribution in [0.2, 0.25) is 18.1 Å². The molecule has 0 amide bonds. The molecule has 1 aliphatic heterocycles. The Balaban J connectivity index is 1.28. The standard InChI is InChI=1S/C28H44F4OSi/c1-2-3-6-17-34-18-15-23(16-19-34)8-5-4-7-22-9-11-24(12-10-22)25-13-14-27(26(29)20-25)33-21-28(30,31)32/h13-14,20,22-24,34H,2-12,15-19,21H2,1H3/t22-,23-,24-,34-. The zero-order valence-electron chi connectivity index (χ0n) is 21.0. The molecule has 0 spiro atoms. The number of unbranched alkanes of at least 4 members (excludes halogenated alkanes) is 3. The Hall–Kier alpha value is -1.04. The van der Waals surface area contributed by atoms with Gasteiger partial charge in [0.1, 0.15) is 0 Å². The van der Waals surface area contributed by atoms with Crippen molar-refractivity contribution in [3.8, 4) is 5.75 Å². The second kappa shape index (κ2) is 13.9. The van der Waals surface area contributed by atoms with Crippen molar-refractivity contribution in [2.75, 3.05) is 6.61 Å². The summed E-state index contributed by atoms with van der Waals surface area (Å²) in [5.41, 5.74) is 0.893. The number of hydrogen-bond acceptors (Lipinski definition) is 1. The Kier molecular flexibility index (Phi) is 11.3. The zero-order chi connectivity index (χ0) is 24.4. The summed E-state index contributed by atoms with van der Waals surface area (Å²) >= 11 is 0. The largest absolute Gasteiger partial charge is 0.481 e. The van der Waals surface area contributed by atoms with Gasteiger partial charge in [-0.05, 0) is 61.1 Å². The van der Waals surface area contributed by atoms with Gasteiger partial charge in [0.25, 0.3) is 0 Å². The molecule has 0 N–H and O–H groups in total. The molecule has 34 heavy (non-hydrogen) atoms. The molecular weight excluding hydrogens is 456 g/mol. The Morgan fingerprint density at radius 2 is 1.53 bits per heavy atom. The second-order valence-electron chi connectivity index (χ2n) is 11.0. The van der Waals surface area contributed by atoms with Crippen LogP contribution >= 0.6 is 0 Å². The molecule has 1 heterocycles. The normalized spacial score (nSPS) is 25.9. The Morgan fingerprint density at radius 3 is 2.12 bits per heavy atom. The van der Waals surface area contributed by atoms with Crippen LogP contribution in [0.1, 0.15) is 102 Å². The monoisotopic (exact) mass is 500 g/mol. The van der Waals surface area contributed by atoms with Crippen molar-refractivity contribution in [1.29, 1.82) is 0 Å². The summed E-state index contributed by atoms with van der Waals surface area (Å²) in [7, 11) is -0.385. The van der Waals surface area contributed by atoms with Crippen molar-refractivity contribution >= 4 is 8.80 Å². The first-order chi connectivity index (χ1) is 16.3. The summed E-state index contributed by atoms with van der Waals surface area (Å²) < 4.78 is 55.7. The van der Waals surface area contributed by atoms with Crippen LogP contribution in [-0.4, -0.2) is 21.6 Å². The number of halogens is 4. The highest BCUT2D eigenvalue weighted by molar-refractivity contribution is 6.58. The van der Waals surface area contributed by atoms with E-state index in [0.29, 0.717) is 5.92 Å². The predicted octanol–water partition coefficient (Wildman–Crippen LogP) is 9.43. The van der Waals surface area contributed by atoms with Gasteiger partial charge in [-0.3, -0.25) is 0 Å². The molecule has 1 saturated heterocycles. The van der Waals surface area contributed by atoms with E-state index in [1.54, 1.807) is 24.2 Å². The molecule has 6 heteroatoms. The molecule has 0 unspecified atom stereocenters. The molecule has 0 aromatic heterocycles. The number of rotatable bonds is 12. The van der Waals surface area contributed by atoms with E-state index >= 15 is 0 Å². The molecule has 3 rings (SSSR count). The summed E-state index contributed by atoms with van der Waals surface area (Å²) in [5.74, 6) is 1.06. The van der Waals surface area contributed by atoms with Gasteiger partial charge in [0.15, 0.2) is 18.2 Å². The van der Waals surface area contributed by atoms with E-state index in [2.05, 4.69) is 11.7 Å².